The first kappa shape index (κ1) is 21.3. The Balaban J connectivity index is 1.58. The Labute approximate surface area is 176 Å². The number of piperazine rings is 1. The summed E-state index contributed by atoms with van der Waals surface area (Å²) in [5, 5.41) is 3.56. The Morgan fingerprint density at radius 1 is 1.21 bits per heavy atom. The van der Waals surface area contributed by atoms with E-state index in [-0.39, 0.29) is 17.8 Å². The lowest BCUT2D eigenvalue weighted by molar-refractivity contribution is -0.892. The van der Waals surface area contributed by atoms with Crippen LogP contribution in [0.25, 0.3) is 0 Å². The number of amides is 1. The van der Waals surface area contributed by atoms with Crippen LogP contribution in [0.15, 0.2) is 36.4 Å². The van der Waals surface area contributed by atoms with Crippen LogP contribution in [0.5, 0.6) is 0 Å². The van der Waals surface area contributed by atoms with Gasteiger partial charge in [-0.2, -0.15) is 0 Å². The molecular formula is C22H30N3O3S+. The van der Waals surface area contributed by atoms with Gasteiger partial charge in [-0.1, -0.05) is 32.0 Å². The molecule has 0 unspecified atom stereocenters. The number of hydrogen-bond donors (Lipinski definition) is 2. The maximum absolute atomic E-state index is 12.7. The number of carbonyl (C=O) groups excluding carboxylic acids is 2. The van der Waals surface area contributed by atoms with E-state index >= 15 is 0 Å². The van der Waals surface area contributed by atoms with Crippen LogP contribution in [0, 0.1) is 0 Å². The molecule has 6 nitrogen and oxygen atoms in total. The molecule has 2 aromatic rings. The van der Waals surface area contributed by atoms with Crippen molar-refractivity contribution >= 4 is 33.9 Å². The van der Waals surface area contributed by atoms with Crippen LogP contribution in [0.4, 0.5) is 10.7 Å². The molecule has 156 valence electrons. The molecule has 0 aliphatic carbocycles. The Morgan fingerprint density at radius 3 is 2.52 bits per heavy atom. The van der Waals surface area contributed by atoms with Crippen molar-refractivity contribution in [1.29, 1.82) is 0 Å². The number of thiophene rings is 1. The lowest BCUT2D eigenvalue weighted by Gasteiger charge is -2.33. The Bertz CT molecular complexity index is 827. The summed E-state index contributed by atoms with van der Waals surface area (Å²) >= 11 is 1.46. The van der Waals surface area contributed by atoms with Crippen molar-refractivity contribution in [2.45, 2.75) is 26.7 Å². The van der Waals surface area contributed by atoms with Gasteiger partial charge in [0.15, 0.2) is 6.54 Å². The summed E-state index contributed by atoms with van der Waals surface area (Å²) in [7, 11) is 0. The normalized spacial score (nSPS) is 14.8. The van der Waals surface area contributed by atoms with Crippen molar-refractivity contribution in [3.8, 4) is 0 Å². The quantitative estimate of drug-likeness (QED) is 0.681. The number of nitrogens with zero attached hydrogens (tertiary/aromatic N) is 1. The predicted octanol–water partition coefficient (Wildman–Crippen LogP) is 2.39. The van der Waals surface area contributed by atoms with E-state index in [0.29, 0.717) is 23.7 Å². The van der Waals surface area contributed by atoms with Crippen LogP contribution in [-0.2, 0) is 9.53 Å². The van der Waals surface area contributed by atoms with E-state index < -0.39 is 0 Å². The molecule has 29 heavy (non-hydrogen) atoms. The van der Waals surface area contributed by atoms with Crippen LogP contribution in [-0.4, -0.2) is 51.2 Å². The number of quaternary nitrogens is 1. The highest BCUT2D eigenvalue weighted by atomic mass is 32.1. The molecule has 1 aromatic heterocycles. The van der Waals surface area contributed by atoms with Crippen molar-refractivity contribution in [2.75, 3.05) is 49.5 Å². The number of carbonyl (C=O) groups is 2. The van der Waals surface area contributed by atoms with Gasteiger partial charge in [-0.15, -0.1) is 11.3 Å². The molecule has 3 rings (SSSR count). The molecule has 1 amide bonds. The summed E-state index contributed by atoms with van der Waals surface area (Å²) in [5.41, 5.74) is 1.69. The fourth-order valence-corrected chi connectivity index (χ4v) is 4.51. The van der Waals surface area contributed by atoms with Gasteiger partial charge in [0.2, 0.25) is 0 Å². The largest absolute Gasteiger partial charge is 0.462 e. The van der Waals surface area contributed by atoms with Gasteiger partial charge in [0.05, 0.1) is 38.3 Å². The van der Waals surface area contributed by atoms with E-state index in [4.69, 9.17) is 4.74 Å². The van der Waals surface area contributed by atoms with E-state index in [9.17, 15) is 9.59 Å². The first-order valence-electron chi connectivity index (χ1n) is 10.2. The van der Waals surface area contributed by atoms with Crippen LogP contribution in [0.2, 0.25) is 0 Å². The number of ether oxygens (including phenoxy) is 1. The number of esters is 1. The van der Waals surface area contributed by atoms with Crippen molar-refractivity contribution in [2.24, 2.45) is 0 Å². The maximum Gasteiger partial charge on any atom is 0.341 e. The highest BCUT2D eigenvalue weighted by Gasteiger charge is 2.25. The third kappa shape index (κ3) is 5.58. The molecule has 1 saturated heterocycles. The molecule has 1 aliphatic rings. The molecule has 7 heteroatoms. The fourth-order valence-electron chi connectivity index (χ4n) is 3.44. The number of anilines is 2. The zero-order valence-corrected chi connectivity index (χ0v) is 18.2. The van der Waals surface area contributed by atoms with E-state index in [2.05, 4.69) is 48.3 Å². The standard InChI is InChI=1S/C22H29N3O3S/c1-4-28-22(27)18-14-19(16(2)3)29-21(18)23-20(26)15-24-10-12-25(13-11-24)17-8-6-5-7-9-17/h5-9,14,16H,4,10-13,15H2,1-3H3,(H,23,26)/p+1. The first-order valence-corrected chi connectivity index (χ1v) is 11.0. The molecule has 1 aliphatic heterocycles. The average molecular weight is 417 g/mol. The molecule has 1 fully saturated rings. The minimum Gasteiger partial charge on any atom is -0.462 e. The van der Waals surface area contributed by atoms with E-state index in [0.717, 1.165) is 31.1 Å². The third-order valence-corrected chi connectivity index (χ3v) is 6.42. The minimum atomic E-state index is -0.380. The van der Waals surface area contributed by atoms with Gasteiger partial charge in [0.25, 0.3) is 5.91 Å². The van der Waals surface area contributed by atoms with Gasteiger partial charge in [-0.05, 0) is 31.0 Å². The van der Waals surface area contributed by atoms with Gasteiger partial charge in [0.1, 0.15) is 5.00 Å². The van der Waals surface area contributed by atoms with Crippen molar-refractivity contribution in [3.05, 3.63) is 46.8 Å². The number of para-hydroxylation sites is 1. The molecule has 0 bridgehead atoms. The summed E-state index contributed by atoms with van der Waals surface area (Å²) in [6.07, 6.45) is 0. The molecule has 0 radical (unpaired) electrons. The summed E-state index contributed by atoms with van der Waals surface area (Å²) in [5.74, 6) is -0.152. The molecule has 0 atom stereocenters. The van der Waals surface area contributed by atoms with E-state index in [1.807, 2.05) is 12.1 Å². The van der Waals surface area contributed by atoms with Crippen LogP contribution in [0.1, 0.15) is 41.9 Å². The second-order valence-electron chi connectivity index (χ2n) is 7.56. The molecule has 0 spiro atoms. The Hall–Kier alpha value is -2.38. The van der Waals surface area contributed by atoms with Gasteiger partial charge < -0.3 is 19.9 Å². The summed E-state index contributed by atoms with van der Waals surface area (Å²) in [4.78, 5) is 29.6. The Kier molecular flexibility index (Phi) is 7.28. The van der Waals surface area contributed by atoms with Gasteiger partial charge >= 0.3 is 5.97 Å². The predicted molar refractivity (Wildman–Crippen MR) is 117 cm³/mol. The lowest BCUT2D eigenvalue weighted by Crippen LogP contribution is -3.15. The Morgan fingerprint density at radius 2 is 1.90 bits per heavy atom. The molecule has 2 N–H and O–H groups in total. The minimum absolute atomic E-state index is 0.0594. The number of rotatable bonds is 7. The zero-order chi connectivity index (χ0) is 20.8. The van der Waals surface area contributed by atoms with E-state index in [1.165, 1.54) is 21.9 Å². The molecule has 1 aromatic carbocycles. The van der Waals surface area contributed by atoms with E-state index in [1.54, 1.807) is 6.92 Å². The average Bonchev–Trinajstić information content (AvgIpc) is 3.13. The third-order valence-electron chi connectivity index (χ3n) is 5.07. The fraction of sp³-hybridized carbons (Fsp3) is 0.455. The smallest absolute Gasteiger partial charge is 0.341 e. The van der Waals surface area contributed by atoms with Gasteiger partial charge in [-0.25, -0.2) is 4.79 Å². The summed E-state index contributed by atoms with van der Waals surface area (Å²) < 4.78 is 5.15. The second-order valence-corrected chi connectivity index (χ2v) is 8.65. The SMILES string of the molecule is CCOC(=O)c1cc(C(C)C)sc1NC(=O)C[NH+]1CCN(c2ccccc2)CC1. The second kappa shape index (κ2) is 9.89. The highest BCUT2D eigenvalue weighted by Crippen LogP contribution is 2.33. The first-order chi connectivity index (χ1) is 14.0. The van der Waals surface area contributed by atoms with Crippen molar-refractivity contribution in [1.82, 2.24) is 0 Å². The summed E-state index contributed by atoms with van der Waals surface area (Å²) in [6, 6.07) is 12.2. The lowest BCUT2D eigenvalue weighted by atomic mass is 10.1. The van der Waals surface area contributed by atoms with Crippen LogP contribution < -0.4 is 15.1 Å². The maximum atomic E-state index is 12.7. The van der Waals surface area contributed by atoms with Gasteiger partial charge in [0, 0.05) is 10.6 Å². The van der Waals surface area contributed by atoms with Crippen molar-refractivity contribution in [3.63, 3.8) is 0 Å². The zero-order valence-electron chi connectivity index (χ0n) is 17.4. The number of hydrogen-bond acceptors (Lipinski definition) is 5. The monoisotopic (exact) mass is 416 g/mol. The van der Waals surface area contributed by atoms with Crippen LogP contribution >= 0.6 is 11.3 Å². The molecule has 0 saturated carbocycles. The van der Waals surface area contributed by atoms with Crippen LogP contribution in [0.3, 0.4) is 0 Å². The number of nitrogens with one attached hydrogen (secondary N) is 2. The topological polar surface area (TPSA) is 63.1 Å². The summed E-state index contributed by atoms with van der Waals surface area (Å²) in [6.45, 7) is 10.3. The highest BCUT2D eigenvalue weighted by molar-refractivity contribution is 7.16. The molecular weight excluding hydrogens is 386 g/mol. The number of benzene rings is 1. The van der Waals surface area contributed by atoms with Gasteiger partial charge in [-0.3, -0.25) is 4.79 Å². The van der Waals surface area contributed by atoms with Crippen molar-refractivity contribution < 1.29 is 19.2 Å². The molecule has 2 heterocycles.